The van der Waals surface area contributed by atoms with Crippen LogP contribution in [0.3, 0.4) is 0 Å². The second-order valence-corrected chi connectivity index (χ2v) is 7.59. The van der Waals surface area contributed by atoms with E-state index in [1.54, 1.807) is 6.92 Å². The van der Waals surface area contributed by atoms with Crippen LogP contribution in [0.15, 0.2) is 78.9 Å². The SMILES string of the molecule is C=C(C)C(=O)OCCOc1cc(-c2ccc(-c3ccccc3)cc2CC)ccc1OCCO. The van der Waals surface area contributed by atoms with Crippen molar-refractivity contribution in [3.05, 3.63) is 84.4 Å². The van der Waals surface area contributed by atoms with Gasteiger partial charge in [-0.1, -0.05) is 68.1 Å². The van der Waals surface area contributed by atoms with Gasteiger partial charge in [0, 0.05) is 5.57 Å². The van der Waals surface area contributed by atoms with Crippen LogP contribution in [0.1, 0.15) is 19.4 Å². The summed E-state index contributed by atoms with van der Waals surface area (Å²) in [4.78, 5) is 11.6. The molecule has 5 nitrogen and oxygen atoms in total. The summed E-state index contributed by atoms with van der Waals surface area (Å²) in [5.41, 5.74) is 6.03. The van der Waals surface area contributed by atoms with Gasteiger partial charge in [-0.15, -0.1) is 0 Å². The fourth-order valence-corrected chi connectivity index (χ4v) is 3.45. The van der Waals surface area contributed by atoms with Gasteiger partial charge in [-0.05, 0) is 53.3 Å². The van der Waals surface area contributed by atoms with Crippen LogP contribution in [-0.2, 0) is 16.0 Å². The van der Waals surface area contributed by atoms with Crippen molar-refractivity contribution in [3.63, 3.8) is 0 Å². The second-order valence-electron chi connectivity index (χ2n) is 7.59. The number of benzene rings is 3. The molecule has 0 radical (unpaired) electrons. The maximum atomic E-state index is 11.6. The molecule has 0 aromatic heterocycles. The van der Waals surface area contributed by atoms with Gasteiger partial charge in [0.2, 0.25) is 0 Å². The van der Waals surface area contributed by atoms with Crippen LogP contribution in [0.4, 0.5) is 0 Å². The Bertz CT molecular complexity index is 1090. The molecule has 0 saturated heterocycles. The molecule has 5 heteroatoms. The predicted molar refractivity (Wildman–Crippen MR) is 131 cm³/mol. The third-order valence-electron chi connectivity index (χ3n) is 5.12. The first-order chi connectivity index (χ1) is 16.0. The Balaban J connectivity index is 1.85. The van der Waals surface area contributed by atoms with Crippen molar-refractivity contribution < 1.29 is 24.1 Å². The number of esters is 1. The van der Waals surface area contributed by atoms with E-state index in [1.807, 2.05) is 36.4 Å². The third kappa shape index (κ3) is 6.46. The molecule has 33 heavy (non-hydrogen) atoms. The summed E-state index contributed by atoms with van der Waals surface area (Å²) in [7, 11) is 0. The summed E-state index contributed by atoms with van der Waals surface area (Å²) in [5.74, 6) is 0.606. The zero-order valence-corrected chi connectivity index (χ0v) is 19.2. The predicted octanol–water partition coefficient (Wildman–Crippen LogP) is 5.45. The minimum Gasteiger partial charge on any atom is -0.487 e. The number of aliphatic hydroxyl groups is 1. The molecule has 1 N–H and O–H groups in total. The van der Waals surface area contributed by atoms with Crippen LogP contribution >= 0.6 is 0 Å². The van der Waals surface area contributed by atoms with Gasteiger partial charge in [-0.3, -0.25) is 0 Å². The fraction of sp³-hybridized carbons (Fsp3) is 0.250. The lowest BCUT2D eigenvalue weighted by Crippen LogP contribution is -2.13. The number of aryl methyl sites for hydroxylation is 1. The molecule has 0 amide bonds. The molecule has 0 aliphatic heterocycles. The van der Waals surface area contributed by atoms with E-state index < -0.39 is 5.97 Å². The van der Waals surface area contributed by atoms with Gasteiger partial charge in [0.1, 0.15) is 19.8 Å². The molecule has 3 aromatic carbocycles. The summed E-state index contributed by atoms with van der Waals surface area (Å²) >= 11 is 0. The van der Waals surface area contributed by atoms with Crippen LogP contribution in [0.2, 0.25) is 0 Å². The van der Waals surface area contributed by atoms with Gasteiger partial charge in [-0.25, -0.2) is 4.79 Å². The molecule has 0 unspecified atom stereocenters. The topological polar surface area (TPSA) is 65.0 Å². The van der Waals surface area contributed by atoms with E-state index in [1.165, 1.54) is 16.7 Å². The highest BCUT2D eigenvalue weighted by Gasteiger charge is 2.12. The highest BCUT2D eigenvalue weighted by molar-refractivity contribution is 5.86. The van der Waals surface area contributed by atoms with Gasteiger partial charge in [-0.2, -0.15) is 0 Å². The van der Waals surface area contributed by atoms with Crippen molar-refractivity contribution in [3.8, 4) is 33.8 Å². The van der Waals surface area contributed by atoms with Crippen molar-refractivity contribution >= 4 is 5.97 Å². The lowest BCUT2D eigenvalue weighted by molar-refractivity contribution is -0.139. The summed E-state index contributed by atoms with van der Waals surface area (Å²) < 4.78 is 16.6. The van der Waals surface area contributed by atoms with Gasteiger partial charge in [0.05, 0.1) is 6.61 Å². The Morgan fingerprint density at radius 2 is 1.58 bits per heavy atom. The van der Waals surface area contributed by atoms with Crippen LogP contribution in [0.5, 0.6) is 11.5 Å². The van der Waals surface area contributed by atoms with E-state index in [0.29, 0.717) is 17.1 Å². The van der Waals surface area contributed by atoms with Crippen molar-refractivity contribution in [2.75, 3.05) is 26.4 Å². The molecule has 0 spiro atoms. The molecule has 0 aliphatic rings. The summed E-state index contributed by atoms with van der Waals surface area (Å²) in [6.07, 6.45) is 0.881. The van der Waals surface area contributed by atoms with E-state index >= 15 is 0 Å². The lowest BCUT2D eigenvalue weighted by atomic mass is 9.93. The van der Waals surface area contributed by atoms with Crippen LogP contribution in [0, 0.1) is 0 Å². The lowest BCUT2D eigenvalue weighted by Gasteiger charge is -2.16. The number of hydrogen-bond donors (Lipinski definition) is 1. The molecule has 0 saturated carbocycles. The van der Waals surface area contributed by atoms with Crippen molar-refractivity contribution in [2.24, 2.45) is 0 Å². The number of carbonyl (C=O) groups is 1. The average Bonchev–Trinajstić information content (AvgIpc) is 2.85. The molecule has 3 aromatic rings. The first kappa shape index (κ1) is 24.1. The number of hydrogen-bond acceptors (Lipinski definition) is 5. The first-order valence-corrected chi connectivity index (χ1v) is 11.0. The highest BCUT2D eigenvalue weighted by atomic mass is 16.6. The van der Waals surface area contributed by atoms with Crippen LogP contribution in [-0.4, -0.2) is 37.5 Å². The summed E-state index contributed by atoms with van der Waals surface area (Å²) in [6.45, 7) is 7.64. The highest BCUT2D eigenvalue weighted by Crippen LogP contribution is 2.36. The monoisotopic (exact) mass is 446 g/mol. The van der Waals surface area contributed by atoms with Gasteiger partial charge < -0.3 is 19.3 Å². The zero-order valence-electron chi connectivity index (χ0n) is 19.2. The van der Waals surface area contributed by atoms with Gasteiger partial charge in [0.25, 0.3) is 0 Å². The Morgan fingerprint density at radius 3 is 2.27 bits per heavy atom. The van der Waals surface area contributed by atoms with Crippen molar-refractivity contribution in [1.29, 1.82) is 0 Å². The third-order valence-corrected chi connectivity index (χ3v) is 5.12. The molecule has 172 valence electrons. The van der Waals surface area contributed by atoms with Crippen molar-refractivity contribution in [1.82, 2.24) is 0 Å². The Kier molecular flexibility index (Phi) is 8.67. The van der Waals surface area contributed by atoms with Gasteiger partial charge in [0.15, 0.2) is 11.5 Å². The Hall–Kier alpha value is -3.57. The molecule has 0 bridgehead atoms. The van der Waals surface area contributed by atoms with E-state index in [9.17, 15) is 4.79 Å². The maximum absolute atomic E-state index is 11.6. The largest absolute Gasteiger partial charge is 0.487 e. The van der Waals surface area contributed by atoms with Crippen molar-refractivity contribution in [2.45, 2.75) is 20.3 Å². The Morgan fingerprint density at radius 1 is 0.848 bits per heavy atom. The fourth-order valence-electron chi connectivity index (χ4n) is 3.45. The second kappa shape index (κ2) is 11.9. The molecule has 0 fully saturated rings. The van der Waals surface area contributed by atoms with E-state index in [4.69, 9.17) is 19.3 Å². The average molecular weight is 447 g/mol. The standard InChI is InChI=1S/C28H30O5/c1-4-21-18-23(22-8-6-5-7-9-22)10-12-25(21)24-11-13-26(31-15-14-29)27(19-24)32-16-17-33-28(30)20(2)3/h5-13,18-19,29H,2,4,14-17H2,1,3H3. The molecule has 3 rings (SSSR count). The number of rotatable bonds is 11. The zero-order chi connectivity index (χ0) is 23.6. The molecule has 0 aliphatic carbocycles. The number of ether oxygens (including phenoxy) is 3. The van der Waals surface area contributed by atoms with Crippen LogP contribution in [0.25, 0.3) is 22.3 Å². The number of aliphatic hydroxyl groups excluding tert-OH is 1. The molecule has 0 heterocycles. The van der Waals surface area contributed by atoms with E-state index in [-0.39, 0.29) is 26.4 Å². The normalized spacial score (nSPS) is 10.5. The molecule has 0 atom stereocenters. The molecular weight excluding hydrogens is 416 g/mol. The van der Waals surface area contributed by atoms with Gasteiger partial charge >= 0.3 is 5.97 Å². The Labute approximate surface area is 195 Å². The smallest absolute Gasteiger partial charge is 0.333 e. The summed E-state index contributed by atoms with van der Waals surface area (Å²) in [6, 6.07) is 22.5. The summed E-state index contributed by atoms with van der Waals surface area (Å²) in [5, 5.41) is 9.13. The quantitative estimate of drug-likeness (QED) is 0.241. The minimum atomic E-state index is -0.449. The first-order valence-electron chi connectivity index (χ1n) is 11.0. The molecular formula is C28H30O5. The minimum absolute atomic E-state index is 0.0986. The maximum Gasteiger partial charge on any atom is 0.333 e. The van der Waals surface area contributed by atoms with E-state index in [0.717, 1.165) is 17.5 Å². The van der Waals surface area contributed by atoms with Crippen LogP contribution < -0.4 is 9.47 Å². The number of carbonyl (C=O) groups excluding carboxylic acids is 1. The van der Waals surface area contributed by atoms with E-state index in [2.05, 4.69) is 43.8 Å².